The predicted octanol–water partition coefficient (Wildman–Crippen LogP) is 1.20. The van der Waals surface area contributed by atoms with Crippen LogP contribution in [0.3, 0.4) is 0 Å². The third kappa shape index (κ3) is 2.05. The van der Waals surface area contributed by atoms with Crippen LogP contribution < -0.4 is 15.2 Å². The van der Waals surface area contributed by atoms with Crippen molar-refractivity contribution in [2.24, 2.45) is 7.05 Å². The highest BCUT2D eigenvalue weighted by molar-refractivity contribution is 5.50. The van der Waals surface area contributed by atoms with Crippen molar-refractivity contribution < 1.29 is 9.47 Å². The summed E-state index contributed by atoms with van der Waals surface area (Å²) in [5, 5.41) is 3.98. The molecule has 2 aromatic rings. The molecule has 2 heterocycles. The van der Waals surface area contributed by atoms with E-state index in [1.54, 1.807) is 36.3 Å². The van der Waals surface area contributed by atoms with Crippen LogP contribution in [0.15, 0.2) is 24.5 Å². The standard InChI is InChI=1S/C10H12N4O2/c1-14-6-7(5-12-14)16-10-8(11)3-4-9(13-10)15-2/h3-6H,11H2,1-2H3. The fraction of sp³-hybridized carbons (Fsp3) is 0.200. The molecule has 0 atom stereocenters. The minimum absolute atomic E-state index is 0.312. The summed E-state index contributed by atoms with van der Waals surface area (Å²) >= 11 is 0. The van der Waals surface area contributed by atoms with E-state index in [0.29, 0.717) is 23.2 Å². The van der Waals surface area contributed by atoms with Crippen LogP contribution in [0.4, 0.5) is 5.69 Å². The van der Waals surface area contributed by atoms with Crippen LogP contribution in [0.1, 0.15) is 0 Å². The third-order valence-electron chi connectivity index (χ3n) is 1.97. The number of nitrogens with zero attached hydrogens (tertiary/aromatic N) is 3. The molecule has 0 fully saturated rings. The summed E-state index contributed by atoms with van der Waals surface area (Å²) < 4.78 is 12.1. The van der Waals surface area contributed by atoms with Gasteiger partial charge in [0, 0.05) is 13.1 Å². The molecular weight excluding hydrogens is 208 g/mol. The van der Waals surface area contributed by atoms with Crippen LogP contribution in [0, 0.1) is 0 Å². The van der Waals surface area contributed by atoms with Gasteiger partial charge in [0.05, 0.1) is 25.2 Å². The Kier molecular flexibility index (Phi) is 2.63. The molecule has 0 saturated heterocycles. The van der Waals surface area contributed by atoms with E-state index in [-0.39, 0.29) is 0 Å². The highest BCUT2D eigenvalue weighted by Gasteiger charge is 2.07. The summed E-state index contributed by atoms with van der Waals surface area (Å²) in [6.45, 7) is 0. The summed E-state index contributed by atoms with van der Waals surface area (Å²) in [4.78, 5) is 4.09. The Balaban J connectivity index is 2.26. The largest absolute Gasteiger partial charge is 0.481 e. The maximum Gasteiger partial charge on any atom is 0.246 e. The molecule has 0 aliphatic heterocycles. The molecule has 6 nitrogen and oxygen atoms in total. The highest BCUT2D eigenvalue weighted by atomic mass is 16.5. The second kappa shape index (κ2) is 4.09. The lowest BCUT2D eigenvalue weighted by atomic mass is 10.4. The first kappa shape index (κ1) is 10.3. The van der Waals surface area contributed by atoms with E-state index in [1.807, 2.05) is 0 Å². The fourth-order valence-corrected chi connectivity index (χ4v) is 1.19. The molecule has 2 aromatic heterocycles. The molecule has 0 spiro atoms. The van der Waals surface area contributed by atoms with Crippen molar-refractivity contribution in [3.63, 3.8) is 0 Å². The quantitative estimate of drug-likeness (QED) is 0.841. The number of hydrogen-bond acceptors (Lipinski definition) is 5. The van der Waals surface area contributed by atoms with Gasteiger partial charge in [-0.1, -0.05) is 0 Å². The number of nitrogen functional groups attached to an aromatic ring is 1. The van der Waals surface area contributed by atoms with Crippen LogP contribution in [0.25, 0.3) is 0 Å². The molecule has 0 radical (unpaired) electrons. The Morgan fingerprint density at radius 2 is 2.19 bits per heavy atom. The molecule has 84 valence electrons. The second-order valence-electron chi connectivity index (χ2n) is 3.20. The summed E-state index contributed by atoms with van der Waals surface area (Å²) in [6.07, 6.45) is 3.31. The molecule has 0 aliphatic rings. The van der Waals surface area contributed by atoms with Gasteiger partial charge in [-0.25, -0.2) is 0 Å². The van der Waals surface area contributed by atoms with E-state index < -0.39 is 0 Å². The number of ether oxygens (including phenoxy) is 2. The zero-order valence-corrected chi connectivity index (χ0v) is 9.04. The van der Waals surface area contributed by atoms with Gasteiger partial charge < -0.3 is 15.2 Å². The topological polar surface area (TPSA) is 75.2 Å². The van der Waals surface area contributed by atoms with Crippen LogP contribution in [0.2, 0.25) is 0 Å². The molecule has 0 saturated carbocycles. The lowest BCUT2D eigenvalue weighted by Gasteiger charge is -2.06. The summed E-state index contributed by atoms with van der Waals surface area (Å²) in [6, 6.07) is 3.35. The van der Waals surface area contributed by atoms with Gasteiger partial charge >= 0.3 is 0 Å². The van der Waals surface area contributed by atoms with Gasteiger partial charge in [0.1, 0.15) is 0 Å². The van der Waals surface area contributed by atoms with Gasteiger partial charge in [0.2, 0.25) is 11.8 Å². The molecule has 2 N–H and O–H groups in total. The number of hydrogen-bond donors (Lipinski definition) is 1. The average Bonchev–Trinajstić information content (AvgIpc) is 2.67. The van der Waals surface area contributed by atoms with Gasteiger partial charge in [-0.05, 0) is 6.07 Å². The summed E-state index contributed by atoms with van der Waals surface area (Å²) in [7, 11) is 3.33. The van der Waals surface area contributed by atoms with Gasteiger partial charge in [0.25, 0.3) is 0 Å². The van der Waals surface area contributed by atoms with Crippen molar-refractivity contribution in [1.82, 2.24) is 14.8 Å². The highest BCUT2D eigenvalue weighted by Crippen LogP contribution is 2.26. The minimum atomic E-state index is 0.312. The van der Waals surface area contributed by atoms with Gasteiger partial charge in [-0.3, -0.25) is 4.68 Å². The van der Waals surface area contributed by atoms with E-state index in [1.165, 1.54) is 7.11 Å². The van der Waals surface area contributed by atoms with Crippen LogP contribution in [-0.4, -0.2) is 21.9 Å². The van der Waals surface area contributed by atoms with Crippen molar-refractivity contribution in [3.05, 3.63) is 24.5 Å². The number of anilines is 1. The van der Waals surface area contributed by atoms with Crippen LogP contribution in [0.5, 0.6) is 17.5 Å². The van der Waals surface area contributed by atoms with E-state index in [2.05, 4.69) is 10.1 Å². The summed E-state index contributed by atoms with van der Waals surface area (Å²) in [5.74, 6) is 1.34. The third-order valence-corrected chi connectivity index (χ3v) is 1.97. The lowest BCUT2D eigenvalue weighted by molar-refractivity contribution is 0.384. The van der Waals surface area contributed by atoms with Gasteiger partial charge in [-0.2, -0.15) is 10.1 Å². The molecule has 0 unspecified atom stereocenters. The first-order valence-electron chi connectivity index (χ1n) is 4.66. The molecule has 0 bridgehead atoms. The molecule has 0 amide bonds. The fourth-order valence-electron chi connectivity index (χ4n) is 1.19. The predicted molar refractivity (Wildman–Crippen MR) is 58.5 cm³/mol. The van der Waals surface area contributed by atoms with Crippen molar-refractivity contribution in [2.75, 3.05) is 12.8 Å². The summed E-state index contributed by atoms with van der Waals surface area (Å²) in [5.41, 5.74) is 6.18. The Labute approximate surface area is 92.6 Å². The smallest absolute Gasteiger partial charge is 0.246 e. The first-order valence-corrected chi connectivity index (χ1v) is 4.66. The van der Waals surface area contributed by atoms with Crippen molar-refractivity contribution in [2.45, 2.75) is 0 Å². The van der Waals surface area contributed by atoms with Crippen molar-refractivity contribution in [1.29, 1.82) is 0 Å². The van der Waals surface area contributed by atoms with E-state index in [9.17, 15) is 0 Å². The Hall–Kier alpha value is -2.24. The molecule has 16 heavy (non-hydrogen) atoms. The van der Waals surface area contributed by atoms with Gasteiger partial charge in [-0.15, -0.1) is 0 Å². The maximum absolute atomic E-state index is 5.73. The molecule has 0 aromatic carbocycles. The molecule has 0 aliphatic carbocycles. The second-order valence-corrected chi connectivity index (χ2v) is 3.20. The normalized spacial score (nSPS) is 10.1. The first-order chi connectivity index (χ1) is 7.69. The SMILES string of the molecule is COc1ccc(N)c(Oc2cnn(C)c2)n1. The monoisotopic (exact) mass is 220 g/mol. The number of pyridine rings is 1. The number of methoxy groups -OCH3 is 1. The van der Waals surface area contributed by atoms with Crippen LogP contribution in [-0.2, 0) is 7.05 Å². The van der Waals surface area contributed by atoms with E-state index in [4.69, 9.17) is 15.2 Å². The molecule has 2 rings (SSSR count). The molecule has 6 heteroatoms. The average molecular weight is 220 g/mol. The number of nitrogens with two attached hydrogens (primary N) is 1. The van der Waals surface area contributed by atoms with E-state index >= 15 is 0 Å². The zero-order valence-electron chi connectivity index (χ0n) is 9.04. The number of aromatic nitrogens is 3. The van der Waals surface area contributed by atoms with Crippen molar-refractivity contribution >= 4 is 5.69 Å². The van der Waals surface area contributed by atoms with Crippen LogP contribution >= 0.6 is 0 Å². The Morgan fingerprint density at radius 3 is 2.81 bits per heavy atom. The molecular formula is C10H12N4O2. The zero-order chi connectivity index (χ0) is 11.5. The number of rotatable bonds is 3. The Bertz CT molecular complexity index is 495. The lowest BCUT2D eigenvalue weighted by Crippen LogP contribution is -1.96. The van der Waals surface area contributed by atoms with Crippen molar-refractivity contribution in [3.8, 4) is 17.5 Å². The maximum atomic E-state index is 5.73. The Morgan fingerprint density at radius 1 is 1.38 bits per heavy atom. The number of aryl methyl sites for hydroxylation is 1. The van der Waals surface area contributed by atoms with Gasteiger partial charge in [0.15, 0.2) is 5.75 Å². The minimum Gasteiger partial charge on any atom is -0.481 e. The van der Waals surface area contributed by atoms with E-state index in [0.717, 1.165) is 0 Å².